The molecule has 2 N–H and O–H groups in total. The van der Waals surface area contributed by atoms with E-state index in [1.54, 1.807) is 7.11 Å². The Kier molecular flexibility index (Phi) is 6.85. The number of ether oxygens (including phenoxy) is 2. The van der Waals surface area contributed by atoms with Crippen LogP contribution >= 0.6 is 0 Å². The Morgan fingerprint density at radius 2 is 1.76 bits per heavy atom. The fourth-order valence-corrected chi connectivity index (χ4v) is 1.66. The van der Waals surface area contributed by atoms with Gasteiger partial charge in [-0.25, -0.2) is 4.99 Å². The molecule has 0 amide bonds. The maximum Gasteiger partial charge on any atom is 0.191 e. The van der Waals surface area contributed by atoms with Crippen LogP contribution in [0.2, 0.25) is 0 Å². The summed E-state index contributed by atoms with van der Waals surface area (Å²) in [5.74, 6) is 2.45. The predicted molar refractivity (Wildman–Crippen MR) is 87.4 cm³/mol. The topological polar surface area (TPSA) is 54.9 Å². The van der Waals surface area contributed by atoms with Gasteiger partial charge in [-0.05, 0) is 52.0 Å². The van der Waals surface area contributed by atoms with Crippen LogP contribution in [-0.4, -0.2) is 38.3 Å². The molecule has 1 aromatic rings. The summed E-state index contributed by atoms with van der Waals surface area (Å²) in [7, 11) is 1.65. The zero-order valence-corrected chi connectivity index (χ0v) is 13.7. The molecule has 0 aliphatic rings. The fourth-order valence-electron chi connectivity index (χ4n) is 1.66. The van der Waals surface area contributed by atoms with Crippen LogP contribution in [0.3, 0.4) is 0 Å². The van der Waals surface area contributed by atoms with E-state index in [1.165, 1.54) is 0 Å². The first-order chi connectivity index (χ1) is 9.94. The summed E-state index contributed by atoms with van der Waals surface area (Å²) < 4.78 is 10.8. The van der Waals surface area contributed by atoms with Crippen LogP contribution in [0.5, 0.6) is 11.5 Å². The third-order valence-corrected chi connectivity index (χ3v) is 2.53. The molecular weight excluding hydrogens is 266 g/mol. The number of aliphatic imine (C=N–C) groups is 1. The molecule has 118 valence electrons. The van der Waals surface area contributed by atoms with E-state index >= 15 is 0 Å². The van der Waals surface area contributed by atoms with Gasteiger partial charge in [-0.15, -0.1) is 0 Å². The van der Waals surface area contributed by atoms with Gasteiger partial charge in [0.2, 0.25) is 0 Å². The third-order valence-electron chi connectivity index (χ3n) is 2.53. The average molecular weight is 293 g/mol. The van der Waals surface area contributed by atoms with E-state index in [-0.39, 0.29) is 5.54 Å². The van der Waals surface area contributed by atoms with E-state index in [2.05, 4.69) is 36.4 Å². The molecule has 1 rings (SSSR count). The van der Waals surface area contributed by atoms with Crippen LogP contribution in [0.15, 0.2) is 29.3 Å². The molecule has 0 spiro atoms. The Labute approximate surface area is 127 Å². The SMILES string of the molecule is CCNC(=NCCOc1ccc(OC)cc1)NC(C)(C)C. The largest absolute Gasteiger partial charge is 0.497 e. The normalized spacial score (nSPS) is 12.0. The van der Waals surface area contributed by atoms with Crippen molar-refractivity contribution >= 4 is 5.96 Å². The van der Waals surface area contributed by atoms with Gasteiger partial charge >= 0.3 is 0 Å². The van der Waals surface area contributed by atoms with E-state index in [1.807, 2.05) is 31.2 Å². The molecule has 5 heteroatoms. The van der Waals surface area contributed by atoms with Crippen molar-refractivity contribution < 1.29 is 9.47 Å². The second-order valence-electron chi connectivity index (χ2n) is 5.66. The van der Waals surface area contributed by atoms with Gasteiger partial charge in [-0.3, -0.25) is 0 Å². The van der Waals surface area contributed by atoms with E-state index in [4.69, 9.17) is 9.47 Å². The predicted octanol–water partition coefficient (Wildman–Crippen LogP) is 2.43. The lowest BCUT2D eigenvalue weighted by Gasteiger charge is -2.23. The van der Waals surface area contributed by atoms with E-state index in [0.29, 0.717) is 13.2 Å². The number of rotatable bonds is 6. The number of nitrogens with one attached hydrogen (secondary N) is 2. The molecule has 0 bridgehead atoms. The third kappa shape index (κ3) is 7.44. The smallest absolute Gasteiger partial charge is 0.191 e. The Hall–Kier alpha value is -1.91. The van der Waals surface area contributed by atoms with Gasteiger partial charge in [0.05, 0.1) is 13.7 Å². The molecular formula is C16H27N3O2. The summed E-state index contributed by atoms with van der Waals surface area (Å²) in [4.78, 5) is 4.49. The highest BCUT2D eigenvalue weighted by molar-refractivity contribution is 5.80. The Morgan fingerprint density at radius 3 is 2.29 bits per heavy atom. The van der Waals surface area contributed by atoms with E-state index < -0.39 is 0 Å². The lowest BCUT2D eigenvalue weighted by Crippen LogP contribution is -2.47. The highest BCUT2D eigenvalue weighted by Gasteiger charge is 2.11. The standard InChI is InChI=1S/C16H27N3O2/c1-6-17-15(19-16(2,3)4)18-11-12-21-14-9-7-13(20-5)8-10-14/h7-10H,6,11-12H2,1-5H3,(H2,17,18,19). The van der Waals surface area contributed by atoms with Crippen LogP contribution in [0.4, 0.5) is 0 Å². The summed E-state index contributed by atoms with van der Waals surface area (Å²) in [6.45, 7) is 10.3. The number of hydrogen-bond donors (Lipinski definition) is 2. The molecule has 0 fully saturated rings. The zero-order chi connectivity index (χ0) is 15.7. The van der Waals surface area contributed by atoms with Crippen LogP contribution in [0, 0.1) is 0 Å². The molecule has 0 saturated carbocycles. The molecule has 0 aromatic heterocycles. The molecule has 0 saturated heterocycles. The first-order valence-corrected chi connectivity index (χ1v) is 7.28. The fraction of sp³-hybridized carbons (Fsp3) is 0.562. The van der Waals surface area contributed by atoms with Crippen molar-refractivity contribution in [2.75, 3.05) is 26.8 Å². The summed E-state index contributed by atoms with van der Waals surface area (Å²) in [6, 6.07) is 7.54. The molecule has 0 aliphatic carbocycles. The van der Waals surface area contributed by atoms with Crippen LogP contribution in [0.25, 0.3) is 0 Å². The molecule has 0 unspecified atom stereocenters. The summed E-state index contributed by atoms with van der Waals surface area (Å²) in [5, 5.41) is 6.56. The van der Waals surface area contributed by atoms with Crippen LogP contribution in [-0.2, 0) is 0 Å². The monoisotopic (exact) mass is 293 g/mol. The van der Waals surface area contributed by atoms with Gasteiger partial charge in [-0.1, -0.05) is 0 Å². The van der Waals surface area contributed by atoms with Crippen molar-refractivity contribution in [3.8, 4) is 11.5 Å². The highest BCUT2D eigenvalue weighted by Crippen LogP contribution is 2.16. The summed E-state index contributed by atoms with van der Waals surface area (Å²) >= 11 is 0. The minimum absolute atomic E-state index is 0.0160. The number of benzene rings is 1. The second kappa shape index (κ2) is 8.39. The lowest BCUT2D eigenvalue weighted by atomic mass is 10.1. The van der Waals surface area contributed by atoms with Crippen LogP contribution < -0.4 is 20.1 Å². The van der Waals surface area contributed by atoms with Crippen molar-refractivity contribution in [1.29, 1.82) is 0 Å². The Bertz CT molecular complexity index is 436. The van der Waals surface area contributed by atoms with Gasteiger partial charge in [0.1, 0.15) is 18.1 Å². The molecule has 0 aliphatic heterocycles. The summed E-state index contributed by atoms with van der Waals surface area (Å²) in [5.41, 5.74) is -0.0160. The second-order valence-corrected chi connectivity index (χ2v) is 5.66. The molecule has 0 heterocycles. The van der Waals surface area contributed by atoms with E-state index in [0.717, 1.165) is 24.0 Å². The first kappa shape index (κ1) is 17.1. The highest BCUT2D eigenvalue weighted by atomic mass is 16.5. The average Bonchev–Trinajstić information content (AvgIpc) is 2.43. The van der Waals surface area contributed by atoms with Crippen molar-refractivity contribution in [2.24, 2.45) is 4.99 Å². The molecule has 21 heavy (non-hydrogen) atoms. The minimum atomic E-state index is -0.0160. The molecule has 0 atom stereocenters. The first-order valence-electron chi connectivity index (χ1n) is 7.28. The number of nitrogens with zero attached hydrogens (tertiary/aromatic N) is 1. The Balaban J connectivity index is 2.42. The van der Waals surface area contributed by atoms with Crippen LogP contribution in [0.1, 0.15) is 27.7 Å². The minimum Gasteiger partial charge on any atom is -0.497 e. The lowest BCUT2D eigenvalue weighted by molar-refractivity contribution is 0.327. The van der Waals surface area contributed by atoms with Crippen molar-refractivity contribution in [3.63, 3.8) is 0 Å². The van der Waals surface area contributed by atoms with Crippen molar-refractivity contribution in [2.45, 2.75) is 33.2 Å². The summed E-state index contributed by atoms with van der Waals surface area (Å²) in [6.07, 6.45) is 0. The molecule has 1 aromatic carbocycles. The maximum atomic E-state index is 5.65. The zero-order valence-electron chi connectivity index (χ0n) is 13.7. The van der Waals surface area contributed by atoms with E-state index in [9.17, 15) is 0 Å². The number of methoxy groups -OCH3 is 1. The van der Waals surface area contributed by atoms with Crippen molar-refractivity contribution in [3.05, 3.63) is 24.3 Å². The van der Waals surface area contributed by atoms with Gasteiger partial charge in [0, 0.05) is 12.1 Å². The molecule has 0 radical (unpaired) electrons. The van der Waals surface area contributed by atoms with Gasteiger partial charge in [0.25, 0.3) is 0 Å². The Morgan fingerprint density at radius 1 is 1.14 bits per heavy atom. The van der Waals surface area contributed by atoms with Gasteiger partial charge in [0.15, 0.2) is 5.96 Å². The van der Waals surface area contributed by atoms with Gasteiger partial charge in [-0.2, -0.15) is 0 Å². The number of hydrogen-bond acceptors (Lipinski definition) is 3. The quantitative estimate of drug-likeness (QED) is 0.480. The molecule has 5 nitrogen and oxygen atoms in total. The van der Waals surface area contributed by atoms with Gasteiger partial charge < -0.3 is 20.1 Å². The number of guanidine groups is 1. The van der Waals surface area contributed by atoms with Crippen molar-refractivity contribution in [1.82, 2.24) is 10.6 Å². The maximum absolute atomic E-state index is 5.65.